The van der Waals surface area contributed by atoms with Gasteiger partial charge in [-0.25, -0.2) is 0 Å². The highest BCUT2D eigenvalue weighted by atomic mass is 15.2. The van der Waals surface area contributed by atoms with Crippen LogP contribution in [0.25, 0.3) is 0 Å². The largest absolute Gasteiger partial charge is 0.297 e. The molecule has 4 rings (SSSR count). The summed E-state index contributed by atoms with van der Waals surface area (Å²) >= 11 is 0. The minimum absolute atomic E-state index is 0.474. The Balaban J connectivity index is 1.37. The van der Waals surface area contributed by atoms with E-state index in [2.05, 4.69) is 44.0 Å². The molecule has 1 atom stereocenters. The lowest BCUT2D eigenvalue weighted by molar-refractivity contribution is 0.0856. The summed E-state index contributed by atoms with van der Waals surface area (Å²) in [7, 11) is 0. The van der Waals surface area contributed by atoms with Crippen LogP contribution in [-0.2, 0) is 13.1 Å². The van der Waals surface area contributed by atoms with Crippen molar-refractivity contribution in [3.63, 3.8) is 0 Å². The summed E-state index contributed by atoms with van der Waals surface area (Å²) in [5, 5.41) is 0. The van der Waals surface area contributed by atoms with Crippen molar-refractivity contribution < 1.29 is 0 Å². The molecule has 0 saturated carbocycles. The Morgan fingerprint density at radius 1 is 0.792 bits per heavy atom. The van der Waals surface area contributed by atoms with Crippen LogP contribution in [0.5, 0.6) is 0 Å². The van der Waals surface area contributed by atoms with Crippen LogP contribution in [0.4, 0.5) is 0 Å². The van der Waals surface area contributed by atoms with Gasteiger partial charge in [0.05, 0.1) is 11.4 Å². The van der Waals surface area contributed by atoms with E-state index in [1.54, 1.807) is 0 Å². The van der Waals surface area contributed by atoms with Crippen molar-refractivity contribution in [1.29, 1.82) is 0 Å². The van der Waals surface area contributed by atoms with Gasteiger partial charge >= 0.3 is 0 Å². The van der Waals surface area contributed by atoms with E-state index in [-0.39, 0.29) is 0 Å². The molecular weight excluding hydrogens is 296 g/mol. The standard InChI is InChI=1S/C20H26N4/c1-3-10-21-18(6-1)14-23-12-5-8-20(16-23)9-13-24(17-20)15-19-7-2-4-11-22-19/h1-4,6-7,10-11H,5,8-9,12-17H2/t20-/m0/s1. The lowest BCUT2D eigenvalue weighted by Crippen LogP contribution is -2.44. The topological polar surface area (TPSA) is 32.3 Å². The molecule has 0 aromatic carbocycles. The Bertz CT molecular complexity index is 645. The van der Waals surface area contributed by atoms with E-state index in [1.807, 2.05) is 24.5 Å². The number of likely N-dealkylation sites (tertiary alicyclic amines) is 2. The molecule has 2 aliphatic rings. The second-order valence-electron chi connectivity index (χ2n) is 7.42. The average Bonchev–Trinajstić information content (AvgIpc) is 2.98. The molecule has 4 heterocycles. The van der Waals surface area contributed by atoms with Crippen LogP contribution in [0, 0.1) is 5.41 Å². The van der Waals surface area contributed by atoms with Crippen LogP contribution in [-0.4, -0.2) is 45.9 Å². The van der Waals surface area contributed by atoms with E-state index >= 15 is 0 Å². The van der Waals surface area contributed by atoms with Gasteiger partial charge in [0.25, 0.3) is 0 Å². The van der Waals surface area contributed by atoms with E-state index in [0.717, 1.165) is 13.1 Å². The summed E-state index contributed by atoms with van der Waals surface area (Å²) < 4.78 is 0. The molecule has 24 heavy (non-hydrogen) atoms. The van der Waals surface area contributed by atoms with Gasteiger partial charge in [0.1, 0.15) is 0 Å². The van der Waals surface area contributed by atoms with E-state index in [1.165, 1.54) is 56.8 Å². The van der Waals surface area contributed by atoms with Gasteiger partial charge in [0.2, 0.25) is 0 Å². The van der Waals surface area contributed by atoms with Crippen molar-refractivity contribution in [2.45, 2.75) is 32.4 Å². The molecule has 2 saturated heterocycles. The molecule has 2 aromatic rings. The Labute approximate surface area is 144 Å². The fourth-order valence-corrected chi connectivity index (χ4v) is 4.38. The van der Waals surface area contributed by atoms with Gasteiger partial charge in [0.15, 0.2) is 0 Å². The first kappa shape index (κ1) is 15.7. The molecule has 2 fully saturated rings. The summed E-state index contributed by atoms with van der Waals surface area (Å²) in [6, 6.07) is 12.4. The molecule has 0 N–H and O–H groups in total. The number of pyridine rings is 2. The normalized spacial score (nSPS) is 25.3. The maximum atomic E-state index is 4.50. The third-order valence-corrected chi connectivity index (χ3v) is 5.48. The number of rotatable bonds is 4. The highest BCUT2D eigenvalue weighted by Gasteiger charge is 2.41. The molecule has 0 unspecified atom stereocenters. The van der Waals surface area contributed by atoms with Crippen LogP contribution in [0.1, 0.15) is 30.7 Å². The zero-order valence-electron chi connectivity index (χ0n) is 14.3. The van der Waals surface area contributed by atoms with Gasteiger partial charge < -0.3 is 0 Å². The predicted molar refractivity (Wildman–Crippen MR) is 95.3 cm³/mol. The van der Waals surface area contributed by atoms with Gasteiger partial charge in [-0.1, -0.05) is 12.1 Å². The molecule has 4 nitrogen and oxygen atoms in total. The summed E-state index contributed by atoms with van der Waals surface area (Å²) in [6.45, 7) is 6.81. The molecule has 126 valence electrons. The maximum Gasteiger partial charge on any atom is 0.0543 e. The number of aromatic nitrogens is 2. The zero-order chi connectivity index (χ0) is 16.2. The summed E-state index contributed by atoms with van der Waals surface area (Å²) in [4.78, 5) is 14.2. The molecule has 0 aliphatic carbocycles. The smallest absolute Gasteiger partial charge is 0.0543 e. The number of piperidine rings is 1. The Morgan fingerprint density at radius 2 is 1.42 bits per heavy atom. The lowest BCUT2D eigenvalue weighted by atomic mass is 9.79. The predicted octanol–water partition coefficient (Wildman–Crippen LogP) is 2.96. The fraction of sp³-hybridized carbons (Fsp3) is 0.500. The summed E-state index contributed by atoms with van der Waals surface area (Å²) in [5.74, 6) is 0. The lowest BCUT2D eigenvalue weighted by Gasteiger charge is -2.40. The third-order valence-electron chi connectivity index (χ3n) is 5.48. The molecule has 2 aliphatic heterocycles. The first-order chi connectivity index (χ1) is 11.8. The first-order valence-electron chi connectivity index (χ1n) is 9.06. The molecule has 1 spiro atoms. The second kappa shape index (κ2) is 6.99. The Morgan fingerprint density at radius 3 is 2.00 bits per heavy atom. The molecule has 0 bridgehead atoms. The van der Waals surface area contributed by atoms with Gasteiger partial charge in [0, 0.05) is 38.6 Å². The minimum atomic E-state index is 0.474. The molecule has 0 amide bonds. The van der Waals surface area contributed by atoms with Crippen molar-refractivity contribution >= 4 is 0 Å². The van der Waals surface area contributed by atoms with Crippen LogP contribution >= 0.6 is 0 Å². The fourth-order valence-electron chi connectivity index (χ4n) is 4.38. The Hall–Kier alpha value is -1.78. The summed E-state index contributed by atoms with van der Waals surface area (Å²) in [6.07, 6.45) is 7.79. The zero-order valence-corrected chi connectivity index (χ0v) is 14.3. The van der Waals surface area contributed by atoms with Crippen LogP contribution in [0.15, 0.2) is 48.8 Å². The second-order valence-corrected chi connectivity index (χ2v) is 7.42. The van der Waals surface area contributed by atoms with E-state index in [4.69, 9.17) is 0 Å². The van der Waals surface area contributed by atoms with Crippen LogP contribution in [0.3, 0.4) is 0 Å². The highest BCUT2D eigenvalue weighted by molar-refractivity contribution is 5.06. The SMILES string of the molecule is c1ccc(CN2CCC[C@]3(CCN(Cc4ccccn4)C3)C2)nc1. The first-order valence-corrected chi connectivity index (χ1v) is 9.06. The van der Waals surface area contributed by atoms with E-state index in [0.29, 0.717) is 5.41 Å². The van der Waals surface area contributed by atoms with Crippen molar-refractivity contribution in [3.05, 3.63) is 60.2 Å². The molecule has 4 heteroatoms. The minimum Gasteiger partial charge on any atom is -0.297 e. The number of hydrogen-bond donors (Lipinski definition) is 0. The van der Waals surface area contributed by atoms with Gasteiger partial charge in [-0.15, -0.1) is 0 Å². The van der Waals surface area contributed by atoms with Crippen molar-refractivity contribution in [2.24, 2.45) is 5.41 Å². The highest BCUT2D eigenvalue weighted by Crippen LogP contribution is 2.39. The van der Waals surface area contributed by atoms with Crippen molar-refractivity contribution in [2.75, 3.05) is 26.2 Å². The summed E-state index contributed by atoms with van der Waals surface area (Å²) in [5.41, 5.74) is 2.86. The Kier molecular flexibility index (Phi) is 4.58. The van der Waals surface area contributed by atoms with E-state index in [9.17, 15) is 0 Å². The quantitative estimate of drug-likeness (QED) is 0.866. The molecular formula is C20H26N4. The van der Waals surface area contributed by atoms with Gasteiger partial charge in [-0.2, -0.15) is 0 Å². The monoisotopic (exact) mass is 322 g/mol. The van der Waals surface area contributed by atoms with Crippen molar-refractivity contribution in [3.8, 4) is 0 Å². The maximum absolute atomic E-state index is 4.50. The average molecular weight is 322 g/mol. The molecule has 0 radical (unpaired) electrons. The van der Waals surface area contributed by atoms with Gasteiger partial charge in [-0.05, 0) is 62.0 Å². The number of nitrogens with zero attached hydrogens (tertiary/aromatic N) is 4. The van der Waals surface area contributed by atoms with Crippen molar-refractivity contribution in [1.82, 2.24) is 19.8 Å². The third kappa shape index (κ3) is 3.65. The van der Waals surface area contributed by atoms with E-state index < -0.39 is 0 Å². The molecule has 2 aromatic heterocycles. The van der Waals surface area contributed by atoms with Crippen LogP contribution in [0.2, 0.25) is 0 Å². The van der Waals surface area contributed by atoms with Gasteiger partial charge in [-0.3, -0.25) is 19.8 Å². The number of hydrogen-bond acceptors (Lipinski definition) is 4. The van der Waals surface area contributed by atoms with Crippen LogP contribution < -0.4 is 0 Å².